The van der Waals surface area contributed by atoms with Crippen LogP contribution in [0.25, 0.3) is 0 Å². The molecule has 0 fully saturated rings. The van der Waals surface area contributed by atoms with Crippen molar-refractivity contribution in [1.82, 2.24) is 0 Å². The lowest BCUT2D eigenvalue weighted by Crippen LogP contribution is -2.33. The third-order valence-electron chi connectivity index (χ3n) is 6.79. The molecule has 0 aromatic heterocycles. The first kappa shape index (κ1) is 26.7. The number of non-ortho nitro benzene ring substituents is 1. The van der Waals surface area contributed by atoms with E-state index in [-0.39, 0.29) is 17.2 Å². The van der Waals surface area contributed by atoms with Crippen LogP contribution in [-0.4, -0.2) is 30.8 Å². The van der Waals surface area contributed by atoms with E-state index >= 15 is 0 Å². The molecule has 0 saturated heterocycles. The van der Waals surface area contributed by atoms with Gasteiger partial charge in [-0.2, -0.15) is 8.42 Å². The molecule has 2 aliphatic heterocycles. The highest BCUT2D eigenvalue weighted by Gasteiger charge is 2.53. The summed E-state index contributed by atoms with van der Waals surface area (Å²) < 4.78 is 49.3. The van der Waals surface area contributed by atoms with Gasteiger partial charge in [0.2, 0.25) is 0 Å². The van der Waals surface area contributed by atoms with Crippen LogP contribution in [0.5, 0.6) is 23.0 Å². The number of nitro groups is 2. The maximum atomic E-state index is 13.1. The second-order valence-corrected chi connectivity index (χ2v) is 10.7. The predicted molar refractivity (Wildman–Crippen MR) is 143 cm³/mol. The SMILES string of the molecule is CCOc1ccc2c(c1)Oc1cc(OS(=O)(=O)c3ccc([N+](=O)[O-])cc3[N+](=O)[O-])ccc1C21OC(=O)c2ccccc21. The van der Waals surface area contributed by atoms with E-state index in [0.717, 1.165) is 12.1 Å². The molecule has 1 spiro atoms. The van der Waals surface area contributed by atoms with Crippen LogP contribution in [0.2, 0.25) is 0 Å². The summed E-state index contributed by atoms with van der Waals surface area (Å²) in [5.41, 5.74) is -1.33. The Morgan fingerprint density at radius 3 is 2.17 bits per heavy atom. The molecule has 6 rings (SSSR count). The number of hydrogen-bond acceptors (Lipinski definition) is 11. The van der Waals surface area contributed by atoms with Crippen molar-refractivity contribution in [1.29, 1.82) is 0 Å². The Bertz CT molecular complexity index is 1940. The fourth-order valence-electron chi connectivity index (χ4n) is 5.09. The zero-order valence-electron chi connectivity index (χ0n) is 21.5. The molecule has 2 aliphatic rings. The Morgan fingerprint density at radius 2 is 1.50 bits per heavy atom. The van der Waals surface area contributed by atoms with Crippen LogP contribution >= 0.6 is 0 Å². The third kappa shape index (κ3) is 4.07. The summed E-state index contributed by atoms with van der Waals surface area (Å²) in [6, 6.07) is 18.0. The molecule has 4 aromatic carbocycles. The van der Waals surface area contributed by atoms with Crippen molar-refractivity contribution in [2.75, 3.05) is 6.61 Å². The van der Waals surface area contributed by atoms with E-state index in [4.69, 9.17) is 18.4 Å². The van der Waals surface area contributed by atoms with Crippen LogP contribution in [0.4, 0.5) is 11.4 Å². The lowest BCUT2D eigenvalue weighted by Gasteiger charge is -2.36. The first-order chi connectivity index (χ1) is 20.0. The third-order valence-corrected chi connectivity index (χ3v) is 8.09. The molecule has 0 saturated carbocycles. The molecule has 4 aromatic rings. The molecule has 212 valence electrons. The van der Waals surface area contributed by atoms with Crippen LogP contribution in [-0.2, 0) is 20.5 Å². The van der Waals surface area contributed by atoms with Crippen molar-refractivity contribution < 1.29 is 41.5 Å². The molecule has 0 amide bonds. The summed E-state index contributed by atoms with van der Waals surface area (Å²) in [5.74, 6) is 0.00804. The number of fused-ring (bicyclic) bond motifs is 6. The van der Waals surface area contributed by atoms with Gasteiger partial charge in [0.1, 0.15) is 23.0 Å². The van der Waals surface area contributed by atoms with Crippen molar-refractivity contribution in [2.24, 2.45) is 0 Å². The van der Waals surface area contributed by atoms with E-state index in [2.05, 4.69) is 0 Å². The Balaban J connectivity index is 1.47. The summed E-state index contributed by atoms with van der Waals surface area (Å²) in [4.78, 5) is 32.8. The summed E-state index contributed by atoms with van der Waals surface area (Å²) in [6.45, 7) is 2.19. The van der Waals surface area contributed by atoms with Crippen LogP contribution in [0.15, 0.2) is 83.8 Å². The zero-order chi connectivity index (χ0) is 29.8. The van der Waals surface area contributed by atoms with Gasteiger partial charge in [-0.15, -0.1) is 0 Å². The predicted octanol–water partition coefficient (Wildman–Crippen LogP) is 5.24. The number of benzene rings is 4. The molecule has 0 bridgehead atoms. The smallest absolute Gasteiger partial charge is 0.346 e. The fraction of sp³-hybridized carbons (Fsp3) is 0.107. The highest BCUT2D eigenvalue weighted by atomic mass is 32.2. The van der Waals surface area contributed by atoms with Crippen LogP contribution in [0.1, 0.15) is 34.0 Å². The molecule has 0 radical (unpaired) electrons. The van der Waals surface area contributed by atoms with Gasteiger partial charge >= 0.3 is 16.1 Å². The van der Waals surface area contributed by atoms with Crippen LogP contribution < -0.4 is 13.7 Å². The maximum Gasteiger partial charge on any atom is 0.346 e. The molecule has 13 nitrogen and oxygen atoms in total. The summed E-state index contributed by atoms with van der Waals surface area (Å²) >= 11 is 0. The van der Waals surface area contributed by atoms with Gasteiger partial charge in [0.25, 0.3) is 11.4 Å². The Kier molecular flexibility index (Phi) is 6.08. The molecular weight excluding hydrogens is 572 g/mol. The molecule has 1 atom stereocenters. The first-order valence-electron chi connectivity index (χ1n) is 12.3. The maximum absolute atomic E-state index is 13.1. The molecule has 14 heteroatoms. The number of carbonyl (C=O) groups is 1. The highest BCUT2D eigenvalue weighted by molar-refractivity contribution is 7.87. The quantitative estimate of drug-likeness (QED) is 0.119. The standard InChI is InChI=1S/C28H18N2O11S/c1-2-38-17-8-10-21-24(14-17)39-25-15-18(9-11-22(25)28(21)20-6-4-3-5-19(20)27(31)40-28)41-42(36,37)26-12-7-16(29(32)33)13-23(26)30(34)35/h3-15H,2H2,1H3. The van der Waals surface area contributed by atoms with Crippen LogP contribution in [0, 0.1) is 20.2 Å². The number of nitro benzene ring substituents is 2. The Hall–Kier alpha value is -5.50. The van der Waals surface area contributed by atoms with Crippen LogP contribution in [0.3, 0.4) is 0 Å². The average Bonchev–Trinajstić information content (AvgIpc) is 3.25. The van der Waals surface area contributed by atoms with Gasteiger partial charge in [0.05, 0.1) is 28.1 Å². The van der Waals surface area contributed by atoms with Crippen molar-refractivity contribution in [3.8, 4) is 23.0 Å². The van der Waals surface area contributed by atoms with Crippen molar-refractivity contribution in [3.05, 3.63) is 121 Å². The molecule has 0 N–H and O–H groups in total. The number of ether oxygens (including phenoxy) is 3. The largest absolute Gasteiger partial charge is 0.494 e. The zero-order valence-corrected chi connectivity index (χ0v) is 22.3. The number of esters is 1. The number of nitrogens with zero attached hydrogens (tertiary/aromatic N) is 2. The second-order valence-electron chi connectivity index (χ2n) is 9.17. The van der Waals surface area contributed by atoms with Gasteiger partial charge in [-0.1, -0.05) is 18.2 Å². The fourth-order valence-corrected chi connectivity index (χ4v) is 6.16. The molecule has 1 unspecified atom stereocenters. The van der Waals surface area contributed by atoms with E-state index in [0.29, 0.717) is 40.7 Å². The lowest BCUT2D eigenvalue weighted by atomic mass is 9.77. The summed E-state index contributed by atoms with van der Waals surface area (Å²) in [5, 5.41) is 22.6. The van der Waals surface area contributed by atoms with Crippen molar-refractivity contribution in [3.63, 3.8) is 0 Å². The number of carbonyl (C=O) groups excluding carboxylic acids is 1. The van der Waals surface area contributed by atoms with Gasteiger partial charge in [-0.25, -0.2) is 4.79 Å². The van der Waals surface area contributed by atoms with Gasteiger partial charge in [0.15, 0.2) is 10.5 Å². The van der Waals surface area contributed by atoms with Gasteiger partial charge in [0, 0.05) is 34.9 Å². The monoisotopic (exact) mass is 590 g/mol. The van der Waals surface area contributed by atoms with Gasteiger partial charge in [-0.3, -0.25) is 20.2 Å². The Labute approximate surface area is 237 Å². The average molecular weight is 591 g/mol. The van der Waals surface area contributed by atoms with E-state index in [9.17, 15) is 33.4 Å². The summed E-state index contributed by atoms with van der Waals surface area (Å²) in [7, 11) is -4.84. The normalized spacial score (nSPS) is 16.5. The highest BCUT2D eigenvalue weighted by Crippen LogP contribution is 2.57. The van der Waals surface area contributed by atoms with Gasteiger partial charge < -0.3 is 18.4 Å². The van der Waals surface area contributed by atoms with E-state index in [1.54, 1.807) is 42.5 Å². The minimum Gasteiger partial charge on any atom is -0.494 e. The van der Waals surface area contributed by atoms with E-state index in [1.807, 2.05) is 6.92 Å². The second kappa shape index (κ2) is 9.55. The summed E-state index contributed by atoms with van der Waals surface area (Å²) in [6.07, 6.45) is 0. The minimum atomic E-state index is -4.84. The topological polar surface area (TPSA) is 174 Å². The molecular formula is C28H18N2O11S. The Morgan fingerprint density at radius 1 is 0.833 bits per heavy atom. The minimum absolute atomic E-state index is 0.0894. The van der Waals surface area contributed by atoms with Crippen molar-refractivity contribution >= 4 is 27.5 Å². The first-order valence-corrected chi connectivity index (χ1v) is 13.8. The van der Waals surface area contributed by atoms with Crippen molar-refractivity contribution in [2.45, 2.75) is 17.4 Å². The lowest BCUT2D eigenvalue weighted by molar-refractivity contribution is -0.396. The molecule has 42 heavy (non-hydrogen) atoms. The van der Waals surface area contributed by atoms with Gasteiger partial charge in [-0.05, 0) is 43.3 Å². The van der Waals surface area contributed by atoms with E-state index < -0.39 is 47.8 Å². The molecule has 2 heterocycles. The number of hydrogen-bond donors (Lipinski definition) is 0. The van der Waals surface area contributed by atoms with E-state index in [1.165, 1.54) is 18.2 Å². The molecule has 0 aliphatic carbocycles. The number of rotatable bonds is 7.